The third-order valence-corrected chi connectivity index (χ3v) is 5.56. The molecule has 0 saturated carbocycles. The molecule has 0 aliphatic carbocycles. The number of rotatable bonds is 7. The van der Waals surface area contributed by atoms with Crippen LogP contribution < -0.4 is 19.5 Å². The predicted molar refractivity (Wildman–Crippen MR) is 98.1 cm³/mol. The number of carbonyl (C=O) groups is 1. The number of methoxy groups -OCH3 is 1. The van der Waals surface area contributed by atoms with E-state index in [0.29, 0.717) is 23.8 Å². The zero-order valence-electron chi connectivity index (χ0n) is 16.0. The Morgan fingerprint density at radius 1 is 1.38 bits per heavy atom. The second-order valence-corrected chi connectivity index (χ2v) is 8.06. The summed E-state index contributed by atoms with van der Waals surface area (Å²) in [6, 6.07) is 3.73. The molecule has 3 atom stereocenters. The summed E-state index contributed by atoms with van der Waals surface area (Å²) in [6.07, 6.45) is 3.02. The molecule has 6 heteroatoms. The van der Waals surface area contributed by atoms with Crippen LogP contribution in [0.15, 0.2) is 12.1 Å². The first-order chi connectivity index (χ1) is 12.4. The molecule has 1 aromatic carbocycles. The number of hydrogen-bond acceptors (Lipinski definition) is 5. The maximum atomic E-state index is 12.1. The number of benzene rings is 1. The molecule has 0 radical (unpaired) electrons. The number of fused-ring (bicyclic) bond motifs is 1. The lowest BCUT2D eigenvalue weighted by Gasteiger charge is -2.30. The second kappa shape index (κ2) is 7.35. The van der Waals surface area contributed by atoms with Crippen LogP contribution in [0.4, 0.5) is 0 Å². The lowest BCUT2D eigenvalue weighted by atomic mass is 9.76. The van der Waals surface area contributed by atoms with E-state index in [0.717, 1.165) is 24.8 Å². The molecule has 0 aromatic heterocycles. The van der Waals surface area contributed by atoms with Gasteiger partial charge in [0.2, 0.25) is 12.5 Å². The van der Waals surface area contributed by atoms with Crippen molar-refractivity contribution < 1.29 is 24.1 Å². The van der Waals surface area contributed by atoms with Crippen LogP contribution in [0.1, 0.15) is 51.5 Å². The van der Waals surface area contributed by atoms with E-state index in [1.165, 1.54) is 0 Å². The van der Waals surface area contributed by atoms with Gasteiger partial charge in [0, 0.05) is 18.5 Å². The first-order valence-corrected chi connectivity index (χ1v) is 9.30. The summed E-state index contributed by atoms with van der Waals surface area (Å²) in [4.78, 5) is 12.1. The summed E-state index contributed by atoms with van der Waals surface area (Å²) in [5.41, 5.74) is 1.03. The molecule has 1 fully saturated rings. The highest BCUT2D eigenvalue weighted by Gasteiger charge is 2.44. The third kappa shape index (κ3) is 3.61. The van der Waals surface area contributed by atoms with Crippen LogP contribution in [0, 0.1) is 11.3 Å². The van der Waals surface area contributed by atoms with Crippen LogP contribution in [0.25, 0.3) is 0 Å². The van der Waals surface area contributed by atoms with Crippen molar-refractivity contribution in [1.29, 1.82) is 0 Å². The van der Waals surface area contributed by atoms with E-state index in [1.54, 1.807) is 7.11 Å². The summed E-state index contributed by atoms with van der Waals surface area (Å²) in [5.74, 6) is 0.449. The predicted octanol–water partition coefficient (Wildman–Crippen LogP) is 3.40. The average molecular weight is 363 g/mol. The van der Waals surface area contributed by atoms with Gasteiger partial charge in [0.05, 0.1) is 13.0 Å². The summed E-state index contributed by atoms with van der Waals surface area (Å²) in [7, 11) is 1.58. The van der Waals surface area contributed by atoms with Crippen LogP contribution in [0.3, 0.4) is 0 Å². The van der Waals surface area contributed by atoms with Crippen molar-refractivity contribution in [3.05, 3.63) is 17.7 Å². The molecule has 0 unspecified atom stereocenters. The molecule has 2 aliphatic heterocycles. The minimum absolute atomic E-state index is 0.0459. The molecule has 2 heterocycles. The van der Waals surface area contributed by atoms with Gasteiger partial charge in [-0.1, -0.05) is 27.2 Å². The molecule has 26 heavy (non-hydrogen) atoms. The lowest BCUT2D eigenvalue weighted by Crippen LogP contribution is -2.36. The van der Waals surface area contributed by atoms with E-state index in [2.05, 4.69) is 26.1 Å². The number of nitrogens with one attached hydrogen (secondary N) is 1. The Kier molecular flexibility index (Phi) is 5.32. The van der Waals surface area contributed by atoms with Gasteiger partial charge in [0.25, 0.3) is 0 Å². The van der Waals surface area contributed by atoms with Crippen molar-refractivity contribution in [3.8, 4) is 17.2 Å². The first-order valence-electron chi connectivity index (χ1n) is 9.30. The normalized spacial score (nSPS) is 24.7. The number of carboxylic acids is 1. The fourth-order valence-electron chi connectivity index (χ4n) is 4.42. The monoisotopic (exact) mass is 363 g/mol. The highest BCUT2D eigenvalue weighted by atomic mass is 16.7. The minimum Gasteiger partial charge on any atom is -0.493 e. The first kappa shape index (κ1) is 18.8. The molecule has 1 aromatic rings. The van der Waals surface area contributed by atoms with Crippen LogP contribution in [0.5, 0.6) is 17.2 Å². The van der Waals surface area contributed by atoms with Crippen molar-refractivity contribution in [1.82, 2.24) is 5.32 Å². The minimum atomic E-state index is -0.756. The van der Waals surface area contributed by atoms with Gasteiger partial charge >= 0.3 is 5.97 Å². The van der Waals surface area contributed by atoms with Crippen molar-refractivity contribution in [2.24, 2.45) is 11.3 Å². The fraction of sp³-hybridized carbons (Fsp3) is 0.650. The summed E-state index contributed by atoms with van der Waals surface area (Å²) in [6.45, 7) is 7.39. The zero-order chi connectivity index (χ0) is 18.9. The average Bonchev–Trinajstić information content (AvgIpc) is 3.19. The molecule has 6 nitrogen and oxygen atoms in total. The van der Waals surface area contributed by atoms with Gasteiger partial charge in [-0.25, -0.2) is 0 Å². The number of ether oxygens (including phenoxy) is 3. The van der Waals surface area contributed by atoms with Crippen molar-refractivity contribution >= 4 is 5.97 Å². The quantitative estimate of drug-likeness (QED) is 0.773. The smallest absolute Gasteiger partial charge is 0.308 e. The Bertz CT molecular complexity index is 672. The Balaban J connectivity index is 1.87. The molecule has 3 rings (SSSR count). The Labute approximate surface area is 154 Å². The highest BCUT2D eigenvalue weighted by Crippen LogP contribution is 2.46. The molecule has 0 spiro atoms. The van der Waals surface area contributed by atoms with Crippen LogP contribution in [-0.4, -0.2) is 37.6 Å². The van der Waals surface area contributed by atoms with Gasteiger partial charge in [0.1, 0.15) is 0 Å². The third-order valence-electron chi connectivity index (χ3n) is 5.56. The zero-order valence-corrected chi connectivity index (χ0v) is 16.0. The van der Waals surface area contributed by atoms with Crippen LogP contribution >= 0.6 is 0 Å². The molecule has 0 amide bonds. The molecular weight excluding hydrogens is 334 g/mol. The van der Waals surface area contributed by atoms with Gasteiger partial charge in [-0.05, 0) is 36.0 Å². The Hall–Kier alpha value is -1.95. The fourth-order valence-corrected chi connectivity index (χ4v) is 4.42. The van der Waals surface area contributed by atoms with E-state index in [4.69, 9.17) is 14.2 Å². The summed E-state index contributed by atoms with van der Waals surface area (Å²) < 4.78 is 16.4. The number of carboxylic acid groups (broad SMARTS) is 1. The molecular formula is C20H29NO5. The van der Waals surface area contributed by atoms with Crippen LogP contribution in [-0.2, 0) is 4.79 Å². The van der Waals surface area contributed by atoms with Gasteiger partial charge < -0.3 is 24.6 Å². The van der Waals surface area contributed by atoms with Crippen molar-refractivity contribution in [2.75, 3.05) is 20.4 Å². The SMILES string of the molecule is CCCC(C)(C)C[C@@H]1NC[C@H](c2cc(OC)c3c(c2)OCO3)[C@H]1C(=O)O. The van der Waals surface area contributed by atoms with E-state index in [1.807, 2.05) is 12.1 Å². The summed E-state index contributed by atoms with van der Waals surface area (Å²) in [5, 5.41) is 13.4. The molecule has 0 bridgehead atoms. The summed E-state index contributed by atoms with van der Waals surface area (Å²) >= 11 is 0. The van der Waals surface area contributed by atoms with E-state index in [-0.39, 0.29) is 24.2 Å². The van der Waals surface area contributed by atoms with Gasteiger partial charge in [-0.15, -0.1) is 0 Å². The lowest BCUT2D eigenvalue weighted by molar-refractivity contribution is -0.142. The largest absolute Gasteiger partial charge is 0.493 e. The maximum absolute atomic E-state index is 12.1. The van der Waals surface area contributed by atoms with E-state index < -0.39 is 11.9 Å². The number of hydrogen-bond donors (Lipinski definition) is 2. The standard InChI is InChI=1S/C20H29NO5/c1-5-6-20(2,3)9-14-17(19(22)23)13(10-21-14)12-7-15(24-4)18-16(8-12)25-11-26-18/h7-8,13-14,17,21H,5-6,9-11H2,1-4H3,(H,22,23)/t13-,14+,17-/m1/s1. The molecule has 144 valence electrons. The number of aliphatic carboxylic acids is 1. The Morgan fingerprint density at radius 3 is 2.81 bits per heavy atom. The maximum Gasteiger partial charge on any atom is 0.308 e. The van der Waals surface area contributed by atoms with Gasteiger partial charge in [-0.3, -0.25) is 4.79 Å². The van der Waals surface area contributed by atoms with Crippen molar-refractivity contribution in [2.45, 2.75) is 52.0 Å². The van der Waals surface area contributed by atoms with Crippen molar-refractivity contribution in [3.63, 3.8) is 0 Å². The Morgan fingerprint density at radius 2 is 2.15 bits per heavy atom. The van der Waals surface area contributed by atoms with E-state index in [9.17, 15) is 9.90 Å². The van der Waals surface area contributed by atoms with E-state index >= 15 is 0 Å². The van der Waals surface area contributed by atoms with Crippen LogP contribution in [0.2, 0.25) is 0 Å². The van der Waals surface area contributed by atoms with Gasteiger partial charge in [-0.2, -0.15) is 0 Å². The molecule has 1 saturated heterocycles. The molecule has 2 aliphatic rings. The topological polar surface area (TPSA) is 77.0 Å². The van der Waals surface area contributed by atoms with Gasteiger partial charge in [0.15, 0.2) is 11.5 Å². The molecule has 2 N–H and O–H groups in total. The second-order valence-electron chi connectivity index (χ2n) is 8.06. The highest BCUT2D eigenvalue weighted by molar-refractivity contribution is 5.73.